The zero-order valence-corrected chi connectivity index (χ0v) is 10.9. The molecule has 0 aliphatic rings. The molecular formula is C15H15NO3. The number of benzene rings is 1. The van der Waals surface area contributed by atoms with Crippen LogP contribution in [0.2, 0.25) is 0 Å². The first-order valence-corrected chi connectivity index (χ1v) is 5.85. The van der Waals surface area contributed by atoms with E-state index in [-0.39, 0.29) is 0 Å². The maximum Gasteiger partial charge on any atom is 0.151 e. The highest BCUT2D eigenvalue weighted by molar-refractivity contribution is 5.78. The molecule has 0 radical (unpaired) electrons. The van der Waals surface area contributed by atoms with Gasteiger partial charge in [-0.3, -0.25) is 9.78 Å². The number of carbonyl (C=O) groups excluding carboxylic acids is 1. The molecule has 0 atom stereocenters. The van der Waals surface area contributed by atoms with E-state index in [0.29, 0.717) is 12.2 Å². The van der Waals surface area contributed by atoms with E-state index in [1.54, 1.807) is 26.5 Å². The molecule has 1 heterocycles. The van der Waals surface area contributed by atoms with Crippen molar-refractivity contribution in [2.24, 2.45) is 0 Å². The van der Waals surface area contributed by atoms with E-state index in [0.717, 1.165) is 28.7 Å². The van der Waals surface area contributed by atoms with Gasteiger partial charge in [-0.15, -0.1) is 0 Å². The number of ether oxygens (including phenoxy) is 2. The summed E-state index contributed by atoms with van der Waals surface area (Å²) < 4.78 is 10.4. The smallest absolute Gasteiger partial charge is 0.151 e. The molecule has 0 unspecified atom stereocenters. The highest BCUT2D eigenvalue weighted by Crippen LogP contribution is 2.27. The average Bonchev–Trinajstić information content (AvgIpc) is 2.47. The predicted molar refractivity (Wildman–Crippen MR) is 72.3 cm³/mol. The molecule has 0 saturated carbocycles. The summed E-state index contributed by atoms with van der Waals surface area (Å²) >= 11 is 0. The van der Waals surface area contributed by atoms with Crippen molar-refractivity contribution in [1.82, 2.24) is 4.98 Å². The lowest BCUT2D eigenvalue weighted by Gasteiger charge is -2.11. The molecular weight excluding hydrogens is 242 g/mol. The maximum absolute atomic E-state index is 10.8. The molecule has 19 heavy (non-hydrogen) atoms. The number of rotatable bonds is 5. The molecule has 0 spiro atoms. The lowest BCUT2D eigenvalue weighted by molar-refractivity contribution is 0.112. The first-order valence-electron chi connectivity index (χ1n) is 5.85. The standard InChI is InChI=1S/C15H15NO3/c1-18-10-13-6-14(19-2)3-4-15(13)12-5-11(9-17)7-16-8-12/h3-9H,10H2,1-2H3. The number of hydrogen-bond acceptors (Lipinski definition) is 4. The largest absolute Gasteiger partial charge is 0.497 e. The lowest BCUT2D eigenvalue weighted by Crippen LogP contribution is -1.95. The zero-order chi connectivity index (χ0) is 13.7. The summed E-state index contributed by atoms with van der Waals surface area (Å²) in [5, 5.41) is 0. The number of nitrogens with zero attached hydrogens (tertiary/aromatic N) is 1. The van der Waals surface area contributed by atoms with Crippen molar-refractivity contribution >= 4 is 6.29 Å². The van der Waals surface area contributed by atoms with Gasteiger partial charge in [0.05, 0.1) is 13.7 Å². The molecule has 98 valence electrons. The summed E-state index contributed by atoms with van der Waals surface area (Å²) in [6.45, 7) is 0.470. The Labute approximate surface area is 112 Å². The van der Waals surface area contributed by atoms with Crippen LogP contribution in [0.15, 0.2) is 36.7 Å². The maximum atomic E-state index is 10.8. The summed E-state index contributed by atoms with van der Waals surface area (Å²) in [4.78, 5) is 14.9. The van der Waals surface area contributed by atoms with Gasteiger partial charge in [-0.25, -0.2) is 0 Å². The molecule has 1 aromatic heterocycles. The summed E-state index contributed by atoms with van der Waals surface area (Å²) in [5.41, 5.74) is 3.42. The molecule has 4 heteroatoms. The topological polar surface area (TPSA) is 48.4 Å². The molecule has 0 bridgehead atoms. The van der Waals surface area contributed by atoms with Crippen LogP contribution in [0.1, 0.15) is 15.9 Å². The molecule has 0 saturated heterocycles. The Hall–Kier alpha value is -2.20. The van der Waals surface area contributed by atoms with Gasteiger partial charge in [0.25, 0.3) is 0 Å². The van der Waals surface area contributed by atoms with Crippen LogP contribution in [0, 0.1) is 0 Å². The van der Waals surface area contributed by atoms with E-state index in [2.05, 4.69) is 4.98 Å². The van der Waals surface area contributed by atoms with Gasteiger partial charge >= 0.3 is 0 Å². The van der Waals surface area contributed by atoms with Crippen molar-refractivity contribution in [3.05, 3.63) is 47.8 Å². The van der Waals surface area contributed by atoms with Gasteiger partial charge in [0.1, 0.15) is 5.75 Å². The van der Waals surface area contributed by atoms with Gasteiger partial charge in [-0.1, -0.05) is 6.07 Å². The van der Waals surface area contributed by atoms with Crippen molar-refractivity contribution < 1.29 is 14.3 Å². The van der Waals surface area contributed by atoms with E-state index < -0.39 is 0 Å². The quantitative estimate of drug-likeness (QED) is 0.773. The van der Waals surface area contributed by atoms with Gasteiger partial charge in [0.15, 0.2) is 6.29 Å². The monoisotopic (exact) mass is 257 g/mol. The van der Waals surface area contributed by atoms with Gasteiger partial charge in [-0.2, -0.15) is 0 Å². The molecule has 4 nitrogen and oxygen atoms in total. The second-order valence-electron chi connectivity index (χ2n) is 4.08. The number of carbonyl (C=O) groups is 1. The van der Waals surface area contributed by atoms with E-state index in [9.17, 15) is 4.79 Å². The summed E-state index contributed by atoms with van der Waals surface area (Å²) in [6, 6.07) is 7.55. The van der Waals surface area contributed by atoms with Gasteiger partial charge < -0.3 is 9.47 Å². The Balaban J connectivity index is 2.50. The van der Waals surface area contributed by atoms with Crippen molar-refractivity contribution in [3.63, 3.8) is 0 Å². The van der Waals surface area contributed by atoms with E-state index >= 15 is 0 Å². The molecule has 0 aliphatic heterocycles. The van der Waals surface area contributed by atoms with Crippen LogP contribution in [0.4, 0.5) is 0 Å². The van der Waals surface area contributed by atoms with Crippen LogP contribution in [0.3, 0.4) is 0 Å². The first-order chi connectivity index (χ1) is 9.28. The second kappa shape index (κ2) is 6.11. The van der Waals surface area contributed by atoms with Crippen molar-refractivity contribution in [2.45, 2.75) is 6.61 Å². The molecule has 0 aliphatic carbocycles. The normalized spacial score (nSPS) is 10.2. The number of methoxy groups -OCH3 is 2. The number of hydrogen-bond donors (Lipinski definition) is 0. The fraction of sp³-hybridized carbons (Fsp3) is 0.200. The second-order valence-corrected chi connectivity index (χ2v) is 4.08. The summed E-state index contributed by atoms with van der Waals surface area (Å²) in [6.07, 6.45) is 4.06. The van der Waals surface area contributed by atoms with Crippen LogP contribution in [0.25, 0.3) is 11.1 Å². The van der Waals surface area contributed by atoms with Crippen LogP contribution in [-0.2, 0) is 11.3 Å². The van der Waals surface area contributed by atoms with E-state index in [4.69, 9.17) is 9.47 Å². The zero-order valence-electron chi connectivity index (χ0n) is 10.9. The predicted octanol–water partition coefficient (Wildman–Crippen LogP) is 2.72. The highest BCUT2D eigenvalue weighted by Gasteiger charge is 2.08. The van der Waals surface area contributed by atoms with Gasteiger partial charge in [0.2, 0.25) is 0 Å². The molecule has 0 N–H and O–H groups in total. The average molecular weight is 257 g/mol. The van der Waals surface area contributed by atoms with Crippen molar-refractivity contribution in [1.29, 1.82) is 0 Å². The third-order valence-corrected chi connectivity index (χ3v) is 2.82. The lowest BCUT2D eigenvalue weighted by atomic mass is 10.0. The Morgan fingerprint density at radius 1 is 1.21 bits per heavy atom. The Kier molecular flexibility index (Phi) is 4.26. The minimum Gasteiger partial charge on any atom is -0.497 e. The number of pyridine rings is 1. The summed E-state index contributed by atoms with van der Waals surface area (Å²) in [5.74, 6) is 0.773. The van der Waals surface area contributed by atoms with Crippen molar-refractivity contribution in [3.8, 4) is 16.9 Å². The Bertz CT molecular complexity index is 581. The van der Waals surface area contributed by atoms with Crippen LogP contribution in [0.5, 0.6) is 5.75 Å². The number of aromatic nitrogens is 1. The third-order valence-electron chi connectivity index (χ3n) is 2.82. The number of aldehydes is 1. The Morgan fingerprint density at radius 2 is 2.05 bits per heavy atom. The molecule has 1 aromatic carbocycles. The van der Waals surface area contributed by atoms with Crippen molar-refractivity contribution in [2.75, 3.05) is 14.2 Å². The summed E-state index contributed by atoms with van der Waals surface area (Å²) in [7, 11) is 3.27. The van der Waals surface area contributed by atoms with Crippen LogP contribution >= 0.6 is 0 Å². The fourth-order valence-electron chi connectivity index (χ4n) is 1.92. The minimum absolute atomic E-state index is 0.470. The fourth-order valence-corrected chi connectivity index (χ4v) is 1.92. The van der Waals surface area contributed by atoms with Crippen LogP contribution < -0.4 is 4.74 Å². The molecule has 2 aromatic rings. The minimum atomic E-state index is 0.470. The van der Waals surface area contributed by atoms with E-state index in [1.807, 2.05) is 18.2 Å². The molecule has 2 rings (SSSR count). The third kappa shape index (κ3) is 2.98. The SMILES string of the molecule is COCc1cc(OC)ccc1-c1cncc(C=O)c1. The van der Waals surface area contributed by atoms with Gasteiger partial charge in [-0.05, 0) is 29.3 Å². The first kappa shape index (κ1) is 13.2. The highest BCUT2D eigenvalue weighted by atomic mass is 16.5. The van der Waals surface area contributed by atoms with E-state index in [1.165, 1.54) is 6.20 Å². The van der Waals surface area contributed by atoms with Gasteiger partial charge in [0, 0.05) is 30.6 Å². The molecule has 0 fully saturated rings. The Morgan fingerprint density at radius 3 is 2.74 bits per heavy atom. The van der Waals surface area contributed by atoms with Crippen LogP contribution in [-0.4, -0.2) is 25.5 Å². The molecule has 0 amide bonds.